The number of nitrogens with two attached hydrogens (primary N) is 1. The molecule has 3 aliphatic rings. The van der Waals surface area contributed by atoms with Gasteiger partial charge in [-0.2, -0.15) is 5.10 Å². The van der Waals surface area contributed by atoms with Crippen molar-refractivity contribution in [3.8, 4) is 39.1 Å². The maximum Gasteiger partial charge on any atom is 0.261 e. The van der Waals surface area contributed by atoms with Crippen LogP contribution in [0, 0.1) is 5.92 Å². The number of primary amides is 1. The Morgan fingerprint density at radius 2 is 1.52 bits per heavy atom. The molecule has 0 bridgehead atoms. The number of carbonyl (C=O) groups excluding carboxylic acids is 8. The average Bonchev–Trinajstić information content (AvgIpc) is 1.90. The van der Waals surface area contributed by atoms with Crippen LogP contribution in [0.4, 0.5) is 0 Å². The van der Waals surface area contributed by atoms with Crippen LogP contribution < -0.4 is 41.2 Å². The SMILES string of the molecule is CCCCOc1ccc(-c2nn3cc(-c4ccc(C(=O)NC5CC(O)CNC(=O)C6C(O)C(C)CN6C(=O)C(C(O)CC(N)=O)NC(=O)C(C(O)Cc6ccc(O)c(OSOOO)c6)NC(=O)C6CC(O)CN6C(=O)C(C(C)O)NC5=O)cc4)nc3s2)cc1. The molecule has 0 aliphatic carbocycles. The van der Waals surface area contributed by atoms with Gasteiger partial charge in [0.25, 0.3) is 18.2 Å². The predicted octanol–water partition coefficient (Wildman–Crippen LogP) is -1.80. The third-order valence-corrected chi connectivity index (χ3v) is 16.5. The smallest absolute Gasteiger partial charge is 0.261 e. The first-order valence-corrected chi connectivity index (χ1v) is 29.7. The number of carbonyl (C=O) groups is 8. The van der Waals surface area contributed by atoms with Crippen molar-refractivity contribution in [2.45, 2.75) is 132 Å². The van der Waals surface area contributed by atoms with E-state index in [1.807, 2.05) is 24.3 Å². The number of nitrogens with zero attached hydrogens (tertiary/aromatic N) is 5. The molecule has 33 heteroatoms. The lowest BCUT2D eigenvalue weighted by Gasteiger charge is -2.33. The minimum absolute atomic E-state index is 0.00359. The lowest BCUT2D eigenvalue weighted by Crippen LogP contribution is -2.64. The van der Waals surface area contributed by atoms with E-state index in [-0.39, 0.29) is 29.2 Å². The van der Waals surface area contributed by atoms with Crippen LogP contribution in [0.5, 0.6) is 17.2 Å². The summed E-state index contributed by atoms with van der Waals surface area (Å²) in [5, 5.41) is 108. The van der Waals surface area contributed by atoms with Gasteiger partial charge in [-0.3, -0.25) is 38.4 Å². The van der Waals surface area contributed by atoms with Gasteiger partial charge in [-0.05, 0) is 67.4 Å². The second-order valence-electron chi connectivity index (χ2n) is 21.8. The summed E-state index contributed by atoms with van der Waals surface area (Å²) in [7, 11) is 0. The Balaban J connectivity index is 1.08. The largest absolute Gasteiger partial charge is 0.504 e. The highest BCUT2D eigenvalue weighted by atomic mass is 32.2. The van der Waals surface area contributed by atoms with E-state index in [1.54, 1.807) is 22.8 Å². The van der Waals surface area contributed by atoms with Gasteiger partial charge in [0.2, 0.25) is 46.3 Å². The number of phenolic OH excluding ortho intramolecular Hbond substituents is 1. The third kappa shape index (κ3) is 16.4. The Morgan fingerprint density at radius 3 is 2.19 bits per heavy atom. The molecule has 13 atom stereocenters. The van der Waals surface area contributed by atoms with Crippen LogP contribution in [0.25, 0.3) is 26.8 Å². The first kappa shape index (κ1) is 66.9. The summed E-state index contributed by atoms with van der Waals surface area (Å²) in [5.41, 5.74) is 7.46. The van der Waals surface area contributed by atoms with E-state index in [0.29, 0.717) is 27.8 Å². The third-order valence-electron chi connectivity index (χ3n) is 15.2. The summed E-state index contributed by atoms with van der Waals surface area (Å²) < 4.78 is 16.7. The molecule has 89 heavy (non-hydrogen) atoms. The van der Waals surface area contributed by atoms with Crippen molar-refractivity contribution in [1.82, 2.24) is 51.0 Å². The van der Waals surface area contributed by atoms with Crippen molar-refractivity contribution in [2.75, 3.05) is 26.2 Å². The fraction of sp³-hybridized carbons (Fsp3) is 0.464. The Labute approximate surface area is 515 Å². The summed E-state index contributed by atoms with van der Waals surface area (Å²) in [4.78, 5) is 120. The molecule has 0 spiro atoms. The lowest BCUT2D eigenvalue weighted by molar-refractivity contribution is -0.433. The topological polar surface area (TPSA) is 458 Å². The van der Waals surface area contributed by atoms with E-state index in [2.05, 4.69) is 48.0 Å². The number of aromatic hydroxyl groups is 1. The summed E-state index contributed by atoms with van der Waals surface area (Å²) in [6.07, 6.45) is -9.97. The van der Waals surface area contributed by atoms with Crippen molar-refractivity contribution >= 4 is 75.9 Å². The zero-order valence-corrected chi connectivity index (χ0v) is 49.7. The van der Waals surface area contributed by atoms with Crippen molar-refractivity contribution in [1.29, 1.82) is 0 Å². The van der Waals surface area contributed by atoms with Crippen LogP contribution in [-0.4, -0.2) is 212 Å². The highest BCUT2D eigenvalue weighted by molar-refractivity contribution is 7.90. The number of hydrogen-bond donors (Lipinski definition) is 14. The highest BCUT2D eigenvalue weighted by Crippen LogP contribution is 2.33. The highest BCUT2D eigenvalue weighted by Gasteiger charge is 2.50. The molecule has 3 fully saturated rings. The normalized spacial score (nSPS) is 25.1. The van der Waals surface area contributed by atoms with Gasteiger partial charge in [0.15, 0.2) is 11.5 Å². The van der Waals surface area contributed by atoms with Gasteiger partial charge in [-0.1, -0.05) is 59.2 Å². The summed E-state index contributed by atoms with van der Waals surface area (Å²) in [6, 6.07) is 5.44. The number of ether oxygens (including phenoxy) is 1. The van der Waals surface area contributed by atoms with E-state index in [1.165, 1.54) is 36.5 Å². The van der Waals surface area contributed by atoms with E-state index in [0.717, 1.165) is 53.0 Å². The number of aliphatic hydroxyl groups excluding tert-OH is 6. The number of imidazole rings is 1. The van der Waals surface area contributed by atoms with Crippen molar-refractivity contribution in [3.63, 3.8) is 0 Å². The summed E-state index contributed by atoms with van der Waals surface area (Å²) in [5.74, 6) is -10.4. The Hall–Kier alpha value is -8.09. The van der Waals surface area contributed by atoms with E-state index >= 15 is 0 Å². The van der Waals surface area contributed by atoms with Gasteiger partial charge in [-0.15, -0.1) is 0 Å². The maximum atomic E-state index is 14.7. The molecule has 31 nitrogen and oxygen atoms in total. The van der Waals surface area contributed by atoms with Crippen LogP contribution in [0.1, 0.15) is 68.8 Å². The number of phenols is 1. The van der Waals surface area contributed by atoms with Crippen molar-refractivity contribution in [2.24, 2.45) is 11.7 Å². The van der Waals surface area contributed by atoms with E-state index in [4.69, 9.17) is 24.9 Å². The molecule has 5 aromatic rings. The molecule has 15 N–H and O–H groups in total. The Morgan fingerprint density at radius 1 is 0.831 bits per heavy atom. The van der Waals surface area contributed by atoms with Crippen molar-refractivity contribution < 1.29 is 97.7 Å². The lowest BCUT2D eigenvalue weighted by atomic mass is 9.98. The molecule has 5 heterocycles. The zero-order chi connectivity index (χ0) is 64.4. The molecule has 8 rings (SSSR count). The van der Waals surface area contributed by atoms with Crippen LogP contribution in [0.2, 0.25) is 0 Å². The quantitative estimate of drug-likeness (QED) is 0.0188. The molecule has 2 aromatic heterocycles. The molecule has 0 saturated carbocycles. The van der Waals surface area contributed by atoms with Crippen LogP contribution in [-0.2, 0) is 49.4 Å². The molecule has 3 aromatic carbocycles. The number of fused-ring (bicyclic) bond motifs is 3. The number of aliphatic hydroxyl groups is 6. The number of aromatic nitrogens is 3. The molecule has 8 amide bonds. The fourth-order valence-electron chi connectivity index (χ4n) is 10.4. The second kappa shape index (κ2) is 29.9. The summed E-state index contributed by atoms with van der Waals surface area (Å²) in [6.45, 7) is 3.56. The number of hydrogen-bond acceptors (Lipinski definition) is 24. The average molecular weight is 1280 g/mol. The predicted molar refractivity (Wildman–Crippen MR) is 312 cm³/mol. The fourth-order valence-corrected chi connectivity index (χ4v) is 11.6. The van der Waals surface area contributed by atoms with Gasteiger partial charge in [0.05, 0.1) is 61.5 Å². The monoisotopic (exact) mass is 1280 g/mol. The Bertz CT molecular complexity index is 3320. The standard InChI is InChI=1S/C56H69N11O20S2/c1-4-5-16-84-34-13-11-31(12-14-34)53-64-67-25-36(60-56(67)88-53)29-7-9-30(10-8-29)48(76)59-35-19-32(69)22-58-52(80)46-47(75)26(2)23-66(46)55(82)45(40(73)21-42(57)74)63-51(79)44(39(72)17-28-6-15-38(71)41(18-28)85-89-87-86-83)62-50(78)37-20-33(70)24-65(37)54(81)43(27(3)68)61-49(35)77/h6-15,18,25-27,32-33,35,37,39-40,43-47,68-73,75,83H,4-5,16-17,19-24H2,1-3H3,(H2,57,74)(H,58,80)(H,59,76)(H,61,77)(H,62,78)(H,63,79). The number of β-amino-alcohol motifs (C(OH)–C–C–N with tert-alkyl or cyclic N) is 1. The van der Waals surface area contributed by atoms with Gasteiger partial charge in [-0.25, -0.2) is 14.8 Å². The number of unbranched alkanes of at least 4 members (excludes halogenated alkanes) is 1. The zero-order valence-electron chi connectivity index (χ0n) is 48.1. The van der Waals surface area contributed by atoms with Crippen LogP contribution in [0.3, 0.4) is 0 Å². The molecular formula is C56H69N11O20S2. The van der Waals surface area contributed by atoms with Gasteiger partial charge in [0, 0.05) is 61.5 Å². The Kier molecular flexibility index (Phi) is 22.5. The number of nitrogens with one attached hydrogen (secondary N) is 5. The second-order valence-corrected chi connectivity index (χ2v) is 23.2. The molecule has 13 unspecified atom stereocenters. The molecule has 3 aliphatic heterocycles. The van der Waals surface area contributed by atoms with Crippen molar-refractivity contribution in [3.05, 3.63) is 84.1 Å². The van der Waals surface area contributed by atoms with Crippen LogP contribution in [0.15, 0.2) is 72.9 Å². The summed E-state index contributed by atoms with van der Waals surface area (Å²) >= 11 is 1.41. The minimum atomic E-state index is -2.22. The van der Waals surface area contributed by atoms with Gasteiger partial charge in [0.1, 0.15) is 47.0 Å². The number of amides is 8. The van der Waals surface area contributed by atoms with Gasteiger partial charge >= 0.3 is 0 Å². The first-order chi connectivity index (χ1) is 42.4. The minimum Gasteiger partial charge on any atom is -0.504 e. The van der Waals surface area contributed by atoms with Crippen LogP contribution >= 0.6 is 23.7 Å². The molecule has 480 valence electrons. The maximum absolute atomic E-state index is 14.7. The molecular weight excluding hydrogens is 1210 g/mol. The first-order valence-electron chi connectivity index (χ1n) is 28.3. The van der Waals surface area contributed by atoms with E-state index in [9.17, 15) is 74.1 Å². The molecule has 3 saturated heterocycles. The molecule has 0 radical (unpaired) electrons. The van der Waals surface area contributed by atoms with E-state index < -0.39 is 177 Å². The number of rotatable bonds is 19. The number of benzene rings is 3. The van der Waals surface area contributed by atoms with Gasteiger partial charge < -0.3 is 86.8 Å².